The van der Waals surface area contributed by atoms with Crippen molar-refractivity contribution in [3.63, 3.8) is 0 Å². The normalized spacial score (nSPS) is 21.4. The molecular weight excluding hydrogens is 244 g/mol. The zero-order chi connectivity index (χ0) is 12.9. The van der Waals surface area contributed by atoms with Crippen LogP contribution in [0.15, 0.2) is 18.2 Å². The maximum absolute atomic E-state index is 6.03. The number of alkyl halides is 1. The molecule has 0 saturated heterocycles. The summed E-state index contributed by atoms with van der Waals surface area (Å²) < 4.78 is 2.31. The molecule has 1 heterocycles. The number of fused-ring (bicyclic) bond motifs is 1. The Morgan fingerprint density at radius 3 is 2.78 bits per heavy atom. The van der Waals surface area contributed by atoms with E-state index in [2.05, 4.69) is 48.5 Å². The van der Waals surface area contributed by atoms with Gasteiger partial charge in [-0.05, 0) is 42.4 Å². The summed E-state index contributed by atoms with van der Waals surface area (Å²) in [6.07, 6.45) is 1.31. The summed E-state index contributed by atoms with van der Waals surface area (Å²) in [5.74, 6) is 2.25. The molecule has 1 atom stereocenters. The van der Waals surface area contributed by atoms with Crippen LogP contribution in [0.5, 0.6) is 0 Å². The van der Waals surface area contributed by atoms with Crippen molar-refractivity contribution in [2.24, 2.45) is 11.3 Å². The fraction of sp³-hybridized carbons (Fsp3) is 0.533. The van der Waals surface area contributed by atoms with E-state index in [0.717, 1.165) is 23.8 Å². The van der Waals surface area contributed by atoms with Gasteiger partial charge in [-0.3, -0.25) is 0 Å². The summed E-state index contributed by atoms with van der Waals surface area (Å²) in [4.78, 5) is 4.63. The molecule has 1 saturated carbocycles. The smallest absolute Gasteiger partial charge is 0.124 e. The quantitative estimate of drug-likeness (QED) is 0.761. The minimum atomic E-state index is 0.487. The number of aryl methyl sites for hydroxylation is 1. The van der Waals surface area contributed by atoms with Crippen molar-refractivity contribution in [2.45, 2.75) is 39.6 Å². The Labute approximate surface area is 113 Å². The van der Waals surface area contributed by atoms with Crippen LogP contribution in [0.25, 0.3) is 11.0 Å². The molecule has 1 aliphatic carbocycles. The zero-order valence-corrected chi connectivity index (χ0v) is 12.0. The van der Waals surface area contributed by atoms with E-state index in [1.165, 1.54) is 17.5 Å². The molecule has 0 bridgehead atoms. The number of imidazole rings is 1. The first-order valence-corrected chi connectivity index (χ1v) is 7.06. The van der Waals surface area contributed by atoms with Crippen LogP contribution in [-0.4, -0.2) is 9.55 Å². The summed E-state index contributed by atoms with van der Waals surface area (Å²) in [6, 6.07) is 6.42. The second kappa shape index (κ2) is 3.99. The summed E-state index contributed by atoms with van der Waals surface area (Å²) >= 11 is 6.03. The fourth-order valence-corrected chi connectivity index (χ4v) is 2.90. The van der Waals surface area contributed by atoms with Crippen molar-refractivity contribution < 1.29 is 0 Å². The van der Waals surface area contributed by atoms with E-state index in [4.69, 9.17) is 11.6 Å². The molecule has 0 aliphatic heterocycles. The van der Waals surface area contributed by atoms with Gasteiger partial charge >= 0.3 is 0 Å². The van der Waals surface area contributed by atoms with E-state index in [0.29, 0.717) is 11.3 Å². The number of halogens is 1. The van der Waals surface area contributed by atoms with Gasteiger partial charge in [0.15, 0.2) is 0 Å². The van der Waals surface area contributed by atoms with Gasteiger partial charge in [-0.2, -0.15) is 0 Å². The molecule has 0 spiro atoms. The highest BCUT2D eigenvalue weighted by Crippen LogP contribution is 2.52. The molecule has 1 aliphatic rings. The van der Waals surface area contributed by atoms with E-state index in [1.807, 2.05) is 0 Å². The Morgan fingerprint density at radius 2 is 2.17 bits per heavy atom. The van der Waals surface area contributed by atoms with E-state index in [-0.39, 0.29) is 0 Å². The Balaban J connectivity index is 2.05. The van der Waals surface area contributed by atoms with E-state index in [1.54, 1.807) is 0 Å². The summed E-state index contributed by atoms with van der Waals surface area (Å²) in [7, 11) is 0. The van der Waals surface area contributed by atoms with Crippen molar-refractivity contribution in [3.05, 3.63) is 29.6 Å². The summed E-state index contributed by atoms with van der Waals surface area (Å²) in [5.41, 5.74) is 4.06. The molecule has 1 aromatic carbocycles. The largest absolute Gasteiger partial charge is 0.327 e. The van der Waals surface area contributed by atoms with Gasteiger partial charge < -0.3 is 4.57 Å². The van der Waals surface area contributed by atoms with Gasteiger partial charge in [-0.1, -0.05) is 19.9 Å². The minimum Gasteiger partial charge on any atom is -0.327 e. The molecule has 0 N–H and O–H groups in total. The lowest BCUT2D eigenvalue weighted by molar-refractivity contribution is 0.498. The third-order valence-corrected chi connectivity index (χ3v) is 4.46. The van der Waals surface area contributed by atoms with Gasteiger partial charge in [0.25, 0.3) is 0 Å². The molecule has 2 aromatic rings. The van der Waals surface area contributed by atoms with Gasteiger partial charge in [0, 0.05) is 6.54 Å². The Hall–Kier alpha value is -1.02. The number of nitrogens with zero attached hydrogens (tertiary/aromatic N) is 2. The first-order chi connectivity index (χ1) is 8.51. The van der Waals surface area contributed by atoms with Crippen LogP contribution in [-0.2, 0) is 12.4 Å². The van der Waals surface area contributed by atoms with Crippen molar-refractivity contribution in [3.8, 4) is 0 Å². The molecular formula is C15H19ClN2. The first-order valence-electron chi connectivity index (χ1n) is 6.53. The Kier molecular flexibility index (Phi) is 2.67. The van der Waals surface area contributed by atoms with Crippen LogP contribution in [0.3, 0.4) is 0 Å². The third kappa shape index (κ3) is 1.93. The molecule has 1 unspecified atom stereocenters. The summed E-state index contributed by atoms with van der Waals surface area (Å²) in [6.45, 7) is 7.85. The van der Waals surface area contributed by atoms with Crippen molar-refractivity contribution in [1.29, 1.82) is 0 Å². The predicted octanol–water partition coefficient (Wildman–Crippen LogP) is 4.13. The van der Waals surface area contributed by atoms with Crippen molar-refractivity contribution >= 4 is 22.6 Å². The van der Waals surface area contributed by atoms with Crippen LogP contribution < -0.4 is 0 Å². The van der Waals surface area contributed by atoms with Gasteiger partial charge in [0.1, 0.15) is 5.82 Å². The molecule has 2 nitrogen and oxygen atoms in total. The molecule has 96 valence electrons. The van der Waals surface area contributed by atoms with Crippen molar-refractivity contribution in [1.82, 2.24) is 9.55 Å². The predicted molar refractivity (Wildman–Crippen MR) is 75.9 cm³/mol. The lowest BCUT2D eigenvalue weighted by Gasteiger charge is -2.09. The number of benzene rings is 1. The lowest BCUT2D eigenvalue weighted by atomic mass is 10.1. The Morgan fingerprint density at radius 1 is 1.44 bits per heavy atom. The minimum absolute atomic E-state index is 0.487. The number of hydrogen-bond donors (Lipinski definition) is 0. The van der Waals surface area contributed by atoms with Gasteiger partial charge in [0.2, 0.25) is 0 Å². The highest BCUT2D eigenvalue weighted by atomic mass is 35.5. The fourth-order valence-electron chi connectivity index (χ4n) is 2.70. The maximum Gasteiger partial charge on any atom is 0.124 e. The van der Waals surface area contributed by atoms with Gasteiger partial charge in [0.05, 0.1) is 16.9 Å². The Bertz CT molecular complexity index is 598. The molecule has 3 heteroatoms. The monoisotopic (exact) mass is 262 g/mol. The number of hydrogen-bond acceptors (Lipinski definition) is 1. The van der Waals surface area contributed by atoms with E-state index < -0.39 is 0 Å². The number of rotatable bonds is 3. The van der Waals surface area contributed by atoms with Crippen molar-refractivity contribution in [2.75, 3.05) is 0 Å². The summed E-state index contributed by atoms with van der Waals surface area (Å²) in [5, 5.41) is 0. The number of aromatic nitrogens is 2. The van der Waals surface area contributed by atoms with Crippen LogP contribution in [0.4, 0.5) is 0 Å². The topological polar surface area (TPSA) is 17.8 Å². The van der Waals surface area contributed by atoms with Gasteiger partial charge in [-0.25, -0.2) is 4.98 Å². The van der Waals surface area contributed by atoms with Crippen LogP contribution in [0.1, 0.15) is 31.7 Å². The van der Waals surface area contributed by atoms with Gasteiger partial charge in [-0.15, -0.1) is 11.6 Å². The molecule has 0 radical (unpaired) electrons. The van der Waals surface area contributed by atoms with E-state index in [9.17, 15) is 0 Å². The molecule has 1 aromatic heterocycles. The molecule has 18 heavy (non-hydrogen) atoms. The second-order valence-electron chi connectivity index (χ2n) is 6.15. The molecule has 1 fully saturated rings. The molecule has 3 rings (SSSR count). The average molecular weight is 263 g/mol. The third-order valence-electron chi connectivity index (χ3n) is 4.22. The van der Waals surface area contributed by atoms with Crippen LogP contribution in [0.2, 0.25) is 0 Å². The maximum atomic E-state index is 6.03. The highest BCUT2D eigenvalue weighted by Gasteiger charge is 2.45. The van der Waals surface area contributed by atoms with Crippen LogP contribution >= 0.6 is 11.6 Å². The lowest BCUT2D eigenvalue weighted by Crippen LogP contribution is -2.07. The van der Waals surface area contributed by atoms with Crippen LogP contribution in [0, 0.1) is 18.3 Å². The molecule has 0 amide bonds. The average Bonchev–Trinajstić information content (AvgIpc) is 2.78. The SMILES string of the molecule is Cc1ccc2nc(CCl)n(CC3CC3(C)C)c2c1. The standard InChI is InChI=1S/C15H19ClN2/c1-10-4-5-12-13(6-10)18(14(8-16)17-12)9-11-7-15(11,2)3/h4-6,11H,7-9H2,1-3H3. The zero-order valence-electron chi connectivity index (χ0n) is 11.2. The highest BCUT2D eigenvalue weighted by molar-refractivity contribution is 6.16. The first kappa shape index (κ1) is 12.0. The second-order valence-corrected chi connectivity index (χ2v) is 6.42. The van der Waals surface area contributed by atoms with E-state index >= 15 is 0 Å².